The van der Waals surface area contributed by atoms with Gasteiger partial charge in [-0.05, 0) is 40.5 Å². The Kier molecular flexibility index (Phi) is 3.16. The third-order valence-electron chi connectivity index (χ3n) is 2.67. The quantitative estimate of drug-likeness (QED) is 0.763. The van der Waals surface area contributed by atoms with Gasteiger partial charge < -0.3 is 15.7 Å². The van der Waals surface area contributed by atoms with E-state index in [2.05, 4.69) is 15.9 Å². The molecule has 86 valence electrons. The average Bonchev–Trinajstić information content (AvgIpc) is 2.67. The first-order valence-electron chi connectivity index (χ1n) is 5.10. The van der Waals surface area contributed by atoms with Gasteiger partial charge in [0.25, 0.3) is 5.91 Å². The molecule has 1 aromatic rings. The largest absolute Gasteiger partial charge is 0.399 e. The van der Waals surface area contributed by atoms with E-state index in [-0.39, 0.29) is 5.91 Å². The minimum absolute atomic E-state index is 0.0873. The fraction of sp³-hybridized carbons (Fsp3) is 0.364. The Morgan fingerprint density at radius 3 is 2.94 bits per heavy atom. The van der Waals surface area contributed by atoms with Crippen molar-refractivity contribution in [2.24, 2.45) is 0 Å². The monoisotopic (exact) mass is 284 g/mol. The van der Waals surface area contributed by atoms with Crippen LogP contribution in [0.15, 0.2) is 22.7 Å². The lowest BCUT2D eigenvalue weighted by Gasteiger charge is -2.16. The maximum atomic E-state index is 12.1. The minimum Gasteiger partial charge on any atom is -0.399 e. The van der Waals surface area contributed by atoms with Gasteiger partial charge in [0.05, 0.1) is 11.7 Å². The highest BCUT2D eigenvalue weighted by molar-refractivity contribution is 9.10. The average molecular weight is 285 g/mol. The van der Waals surface area contributed by atoms with E-state index in [0.29, 0.717) is 30.8 Å². The van der Waals surface area contributed by atoms with E-state index in [0.717, 1.165) is 4.47 Å². The van der Waals surface area contributed by atoms with Crippen molar-refractivity contribution < 1.29 is 9.90 Å². The van der Waals surface area contributed by atoms with Crippen molar-refractivity contribution in [3.63, 3.8) is 0 Å². The van der Waals surface area contributed by atoms with Crippen LogP contribution in [0.4, 0.5) is 5.69 Å². The number of likely N-dealkylation sites (tertiary alicyclic amines) is 1. The van der Waals surface area contributed by atoms with Crippen molar-refractivity contribution in [2.75, 3.05) is 18.8 Å². The molecule has 0 spiro atoms. The van der Waals surface area contributed by atoms with Crippen molar-refractivity contribution in [3.8, 4) is 0 Å². The highest BCUT2D eigenvalue weighted by Crippen LogP contribution is 2.23. The minimum atomic E-state index is -0.399. The van der Waals surface area contributed by atoms with Crippen LogP contribution in [-0.2, 0) is 0 Å². The van der Waals surface area contributed by atoms with Crippen molar-refractivity contribution >= 4 is 27.5 Å². The van der Waals surface area contributed by atoms with Gasteiger partial charge in [0.1, 0.15) is 0 Å². The van der Waals surface area contributed by atoms with Gasteiger partial charge in [-0.3, -0.25) is 4.79 Å². The topological polar surface area (TPSA) is 66.6 Å². The number of hydrogen-bond acceptors (Lipinski definition) is 3. The number of β-amino-alcohol motifs (C(OH)–C–C–N with tert-alkyl or cyclic N) is 1. The Morgan fingerprint density at radius 1 is 1.56 bits per heavy atom. The van der Waals surface area contributed by atoms with Gasteiger partial charge in [0.2, 0.25) is 0 Å². The van der Waals surface area contributed by atoms with E-state index in [9.17, 15) is 9.90 Å². The predicted octanol–water partition coefficient (Wildman–Crippen LogP) is 1.24. The van der Waals surface area contributed by atoms with Crippen LogP contribution in [0.2, 0.25) is 0 Å². The number of nitrogen functional groups attached to an aromatic ring is 1. The number of aliphatic hydroxyl groups is 1. The Balaban J connectivity index is 2.23. The molecule has 1 aliphatic rings. The Labute approximate surface area is 102 Å². The van der Waals surface area contributed by atoms with E-state index in [1.165, 1.54) is 0 Å². The molecule has 16 heavy (non-hydrogen) atoms. The molecule has 5 heteroatoms. The number of carbonyl (C=O) groups excluding carboxylic acids is 1. The van der Waals surface area contributed by atoms with Crippen LogP contribution in [0.3, 0.4) is 0 Å². The number of nitrogens with zero attached hydrogens (tertiary/aromatic N) is 1. The summed E-state index contributed by atoms with van der Waals surface area (Å²) in [5.41, 5.74) is 6.76. The fourth-order valence-corrected chi connectivity index (χ4v) is 2.22. The van der Waals surface area contributed by atoms with Crippen molar-refractivity contribution in [2.45, 2.75) is 12.5 Å². The van der Waals surface area contributed by atoms with Gasteiger partial charge in [0.15, 0.2) is 0 Å². The van der Waals surface area contributed by atoms with Crippen molar-refractivity contribution in [3.05, 3.63) is 28.2 Å². The zero-order valence-corrected chi connectivity index (χ0v) is 10.3. The summed E-state index contributed by atoms with van der Waals surface area (Å²) in [6.07, 6.45) is 0.245. The molecule has 1 heterocycles. The Bertz CT molecular complexity index is 422. The standard InChI is InChI=1S/C11H13BrN2O2/c12-10-2-1-7(13)5-9(10)11(16)14-4-3-8(15)6-14/h1-2,5,8,15H,3-4,6,13H2/t8-/m0/s1. The number of aliphatic hydroxyl groups excluding tert-OH is 1. The first-order chi connectivity index (χ1) is 7.58. The SMILES string of the molecule is Nc1ccc(Br)c(C(=O)N2CC[C@H](O)C2)c1. The van der Waals surface area contributed by atoms with E-state index in [1.54, 1.807) is 23.1 Å². The zero-order chi connectivity index (χ0) is 11.7. The van der Waals surface area contributed by atoms with E-state index in [4.69, 9.17) is 5.73 Å². The van der Waals surface area contributed by atoms with Gasteiger partial charge in [-0.2, -0.15) is 0 Å². The lowest BCUT2D eigenvalue weighted by atomic mass is 10.2. The molecule has 1 aliphatic heterocycles. The molecule has 1 fully saturated rings. The van der Waals surface area contributed by atoms with Crippen LogP contribution in [0.1, 0.15) is 16.8 Å². The van der Waals surface area contributed by atoms with Gasteiger partial charge in [-0.1, -0.05) is 0 Å². The first-order valence-corrected chi connectivity index (χ1v) is 5.89. The van der Waals surface area contributed by atoms with Crippen molar-refractivity contribution in [1.82, 2.24) is 4.90 Å². The van der Waals surface area contributed by atoms with E-state index in [1.807, 2.05) is 0 Å². The fourth-order valence-electron chi connectivity index (χ4n) is 1.80. The molecule has 1 atom stereocenters. The summed E-state index contributed by atoms with van der Waals surface area (Å²) in [7, 11) is 0. The number of amides is 1. The summed E-state index contributed by atoms with van der Waals surface area (Å²) < 4.78 is 0.730. The summed E-state index contributed by atoms with van der Waals surface area (Å²) in [6, 6.07) is 5.14. The molecular formula is C11H13BrN2O2. The number of benzene rings is 1. The molecule has 1 saturated heterocycles. The normalized spacial score (nSPS) is 20.1. The molecule has 3 N–H and O–H groups in total. The third-order valence-corrected chi connectivity index (χ3v) is 3.36. The Hall–Kier alpha value is -1.07. The Morgan fingerprint density at radius 2 is 2.31 bits per heavy atom. The first kappa shape index (κ1) is 11.4. The highest BCUT2D eigenvalue weighted by Gasteiger charge is 2.26. The van der Waals surface area contributed by atoms with Crippen LogP contribution in [0.25, 0.3) is 0 Å². The van der Waals surface area contributed by atoms with Gasteiger partial charge >= 0.3 is 0 Å². The van der Waals surface area contributed by atoms with Crippen LogP contribution >= 0.6 is 15.9 Å². The van der Waals surface area contributed by atoms with Crippen LogP contribution in [-0.4, -0.2) is 35.1 Å². The molecule has 2 rings (SSSR count). The van der Waals surface area contributed by atoms with E-state index < -0.39 is 6.10 Å². The molecule has 1 aromatic carbocycles. The third kappa shape index (κ3) is 2.20. The van der Waals surface area contributed by atoms with Crippen LogP contribution in [0, 0.1) is 0 Å². The summed E-state index contributed by atoms with van der Waals surface area (Å²) in [5.74, 6) is -0.0873. The predicted molar refractivity (Wildman–Crippen MR) is 65.1 cm³/mol. The number of nitrogens with two attached hydrogens (primary N) is 1. The number of hydrogen-bond donors (Lipinski definition) is 2. The summed E-state index contributed by atoms with van der Waals surface area (Å²) >= 11 is 3.33. The number of halogens is 1. The second kappa shape index (κ2) is 4.43. The molecule has 0 aromatic heterocycles. The maximum Gasteiger partial charge on any atom is 0.255 e. The molecule has 4 nitrogen and oxygen atoms in total. The maximum absolute atomic E-state index is 12.1. The van der Waals surface area contributed by atoms with Crippen LogP contribution in [0.5, 0.6) is 0 Å². The molecular weight excluding hydrogens is 272 g/mol. The molecule has 0 bridgehead atoms. The smallest absolute Gasteiger partial charge is 0.255 e. The molecule has 1 amide bonds. The second-order valence-corrected chi connectivity index (χ2v) is 4.79. The van der Waals surface area contributed by atoms with Gasteiger partial charge in [-0.15, -0.1) is 0 Å². The van der Waals surface area contributed by atoms with Crippen LogP contribution < -0.4 is 5.73 Å². The van der Waals surface area contributed by atoms with Gasteiger partial charge in [0, 0.05) is 23.2 Å². The van der Waals surface area contributed by atoms with Gasteiger partial charge in [-0.25, -0.2) is 0 Å². The summed E-state index contributed by atoms with van der Waals surface area (Å²) in [5, 5.41) is 9.39. The lowest BCUT2D eigenvalue weighted by Crippen LogP contribution is -2.29. The number of carbonyl (C=O) groups is 1. The molecule has 0 radical (unpaired) electrons. The van der Waals surface area contributed by atoms with Crippen molar-refractivity contribution in [1.29, 1.82) is 0 Å². The lowest BCUT2D eigenvalue weighted by molar-refractivity contribution is 0.0764. The second-order valence-electron chi connectivity index (χ2n) is 3.93. The number of rotatable bonds is 1. The molecule has 0 aliphatic carbocycles. The summed E-state index contributed by atoms with van der Waals surface area (Å²) in [4.78, 5) is 13.7. The van der Waals surface area contributed by atoms with E-state index >= 15 is 0 Å². The zero-order valence-electron chi connectivity index (χ0n) is 8.69. The number of anilines is 1. The molecule has 0 unspecified atom stereocenters. The molecule has 0 saturated carbocycles. The highest BCUT2D eigenvalue weighted by atomic mass is 79.9. The summed E-state index contributed by atoms with van der Waals surface area (Å²) in [6.45, 7) is 1.00.